The lowest BCUT2D eigenvalue weighted by Crippen LogP contribution is -2.26. The molecular weight excluding hydrogens is 278 g/mol. The maximum Gasteiger partial charge on any atom is 0.220 e. The first-order chi connectivity index (χ1) is 10.7. The van der Waals surface area contributed by atoms with Crippen molar-refractivity contribution in [3.63, 3.8) is 0 Å². The Morgan fingerprint density at radius 1 is 1.18 bits per heavy atom. The quantitative estimate of drug-likeness (QED) is 0.787. The molecule has 0 heterocycles. The fourth-order valence-electron chi connectivity index (χ4n) is 2.66. The van der Waals surface area contributed by atoms with Gasteiger partial charge in [0.1, 0.15) is 0 Å². The molecule has 0 saturated carbocycles. The summed E-state index contributed by atoms with van der Waals surface area (Å²) in [5.74, 6) is 1.51. The first kappa shape index (κ1) is 16.4. The van der Waals surface area contributed by atoms with Crippen molar-refractivity contribution < 1.29 is 14.3 Å². The van der Waals surface area contributed by atoms with E-state index in [-0.39, 0.29) is 5.91 Å². The number of ether oxygens (including phenoxy) is 2. The van der Waals surface area contributed by atoms with Gasteiger partial charge in [-0.15, -0.1) is 0 Å². The van der Waals surface area contributed by atoms with E-state index in [0.29, 0.717) is 30.9 Å². The Morgan fingerprint density at radius 3 is 2.68 bits per heavy atom. The lowest BCUT2D eigenvalue weighted by atomic mass is 9.99. The minimum Gasteiger partial charge on any atom is -0.493 e. The van der Waals surface area contributed by atoms with E-state index in [4.69, 9.17) is 9.47 Å². The standard InChI is InChI=1S/C18H25NO3/c1-21-16-10-8-14(12-17(16)22-2)9-11-18(20)19-13-15-6-4-3-5-7-15/h6,8,10,12H,3-5,7,9,11,13H2,1-2H3,(H,19,20). The molecule has 1 aliphatic carbocycles. The highest BCUT2D eigenvalue weighted by atomic mass is 16.5. The molecule has 0 aliphatic heterocycles. The van der Waals surface area contributed by atoms with Crippen LogP contribution in [0.15, 0.2) is 29.8 Å². The van der Waals surface area contributed by atoms with Crippen LogP contribution in [0.3, 0.4) is 0 Å². The highest BCUT2D eigenvalue weighted by Gasteiger charge is 2.08. The van der Waals surface area contributed by atoms with Crippen molar-refractivity contribution in [2.45, 2.75) is 38.5 Å². The molecule has 1 N–H and O–H groups in total. The van der Waals surface area contributed by atoms with Crippen LogP contribution in [0, 0.1) is 0 Å². The Bertz CT molecular complexity index is 537. The fraction of sp³-hybridized carbons (Fsp3) is 0.500. The van der Waals surface area contributed by atoms with Gasteiger partial charge in [-0.3, -0.25) is 4.79 Å². The second-order valence-corrected chi connectivity index (χ2v) is 5.57. The van der Waals surface area contributed by atoms with Crippen LogP contribution < -0.4 is 14.8 Å². The van der Waals surface area contributed by atoms with Crippen molar-refractivity contribution >= 4 is 5.91 Å². The molecular formula is C18H25NO3. The molecule has 1 amide bonds. The van der Waals surface area contributed by atoms with E-state index >= 15 is 0 Å². The zero-order valence-electron chi connectivity index (χ0n) is 13.5. The predicted octanol–water partition coefficient (Wildman–Crippen LogP) is 3.25. The van der Waals surface area contributed by atoms with Gasteiger partial charge in [-0.1, -0.05) is 17.7 Å². The molecule has 22 heavy (non-hydrogen) atoms. The summed E-state index contributed by atoms with van der Waals surface area (Å²) in [6.07, 6.45) is 8.24. The van der Waals surface area contributed by atoms with Crippen LogP contribution in [0.4, 0.5) is 0 Å². The molecule has 1 aromatic carbocycles. The van der Waals surface area contributed by atoms with Gasteiger partial charge in [-0.25, -0.2) is 0 Å². The highest BCUT2D eigenvalue weighted by Crippen LogP contribution is 2.27. The molecule has 1 aliphatic rings. The number of nitrogens with one attached hydrogen (secondary N) is 1. The molecule has 0 atom stereocenters. The lowest BCUT2D eigenvalue weighted by molar-refractivity contribution is -0.120. The highest BCUT2D eigenvalue weighted by molar-refractivity contribution is 5.76. The van der Waals surface area contributed by atoms with Crippen molar-refractivity contribution in [2.75, 3.05) is 20.8 Å². The van der Waals surface area contributed by atoms with Gasteiger partial charge in [-0.05, 0) is 49.8 Å². The third-order valence-corrected chi connectivity index (χ3v) is 3.99. The minimum absolute atomic E-state index is 0.0984. The number of carbonyl (C=O) groups is 1. The Kier molecular flexibility index (Phi) is 6.31. The maximum atomic E-state index is 11.9. The summed E-state index contributed by atoms with van der Waals surface area (Å²) < 4.78 is 10.5. The van der Waals surface area contributed by atoms with Gasteiger partial charge in [0.2, 0.25) is 5.91 Å². The van der Waals surface area contributed by atoms with Gasteiger partial charge in [0, 0.05) is 13.0 Å². The molecule has 1 aromatic rings. The lowest BCUT2D eigenvalue weighted by Gasteiger charge is -2.13. The summed E-state index contributed by atoms with van der Waals surface area (Å²) in [5, 5.41) is 3.01. The summed E-state index contributed by atoms with van der Waals surface area (Å²) in [6.45, 7) is 0.699. The van der Waals surface area contributed by atoms with Crippen molar-refractivity contribution in [1.82, 2.24) is 5.32 Å². The molecule has 0 aromatic heterocycles. The number of amides is 1. The molecule has 0 radical (unpaired) electrons. The van der Waals surface area contributed by atoms with E-state index in [1.165, 1.54) is 18.4 Å². The first-order valence-corrected chi connectivity index (χ1v) is 7.88. The third kappa shape index (κ3) is 4.79. The van der Waals surface area contributed by atoms with Crippen LogP contribution >= 0.6 is 0 Å². The average Bonchev–Trinajstić information content (AvgIpc) is 2.58. The van der Waals surface area contributed by atoms with Crippen LogP contribution in [0.5, 0.6) is 11.5 Å². The van der Waals surface area contributed by atoms with Crippen LogP contribution in [0.1, 0.15) is 37.7 Å². The van der Waals surface area contributed by atoms with E-state index in [9.17, 15) is 4.79 Å². The van der Waals surface area contributed by atoms with E-state index < -0.39 is 0 Å². The first-order valence-electron chi connectivity index (χ1n) is 7.88. The number of methoxy groups -OCH3 is 2. The minimum atomic E-state index is 0.0984. The van der Waals surface area contributed by atoms with Crippen molar-refractivity contribution in [3.05, 3.63) is 35.4 Å². The third-order valence-electron chi connectivity index (χ3n) is 3.99. The van der Waals surface area contributed by atoms with E-state index in [1.807, 2.05) is 18.2 Å². The molecule has 0 unspecified atom stereocenters. The molecule has 2 rings (SSSR count). The van der Waals surface area contributed by atoms with Gasteiger partial charge in [-0.2, -0.15) is 0 Å². The number of aryl methyl sites for hydroxylation is 1. The number of carbonyl (C=O) groups excluding carboxylic acids is 1. The van der Waals surface area contributed by atoms with Crippen LogP contribution in [0.2, 0.25) is 0 Å². The Labute approximate surface area is 132 Å². The van der Waals surface area contributed by atoms with E-state index in [2.05, 4.69) is 11.4 Å². The van der Waals surface area contributed by atoms with E-state index in [1.54, 1.807) is 14.2 Å². The van der Waals surface area contributed by atoms with Gasteiger partial charge < -0.3 is 14.8 Å². The van der Waals surface area contributed by atoms with Crippen molar-refractivity contribution in [2.24, 2.45) is 0 Å². The number of benzene rings is 1. The zero-order valence-corrected chi connectivity index (χ0v) is 13.5. The molecule has 0 saturated heterocycles. The van der Waals surface area contributed by atoms with Crippen LogP contribution in [0.25, 0.3) is 0 Å². The SMILES string of the molecule is COc1ccc(CCC(=O)NCC2=CCCCC2)cc1OC. The predicted molar refractivity (Wildman–Crippen MR) is 87.4 cm³/mol. The summed E-state index contributed by atoms with van der Waals surface area (Å²) in [6, 6.07) is 5.77. The number of hydrogen-bond acceptors (Lipinski definition) is 3. The Morgan fingerprint density at radius 2 is 2.00 bits per heavy atom. The molecule has 0 bridgehead atoms. The average molecular weight is 303 g/mol. The van der Waals surface area contributed by atoms with Crippen molar-refractivity contribution in [1.29, 1.82) is 0 Å². The number of hydrogen-bond donors (Lipinski definition) is 1. The molecule has 4 heteroatoms. The van der Waals surface area contributed by atoms with Crippen LogP contribution in [-0.2, 0) is 11.2 Å². The van der Waals surface area contributed by atoms with Gasteiger partial charge in [0.05, 0.1) is 14.2 Å². The fourth-order valence-corrected chi connectivity index (χ4v) is 2.66. The van der Waals surface area contributed by atoms with E-state index in [0.717, 1.165) is 18.4 Å². The Balaban J connectivity index is 1.79. The van der Waals surface area contributed by atoms with Gasteiger partial charge in [0.15, 0.2) is 11.5 Å². The second-order valence-electron chi connectivity index (χ2n) is 5.57. The zero-order chi connectivity index (χ0) is 15.8. The monoisotopic (exact) mass is 303 g/mol. The van der Waals surface area contributed by atoms with Crippen LogP contribution in [-0.4, -0.2) is 26.7 Å². The Hall–Kier alpha value is -1.97. The normalized spacial score (nSPS) is 14.2. The molecule has 4 nitrogen and oxygen atoms in total. The summed E-state index contributed by atoms with van der Waals surface area (Å²) >= 11 is 0. The summed E-state index contributed by atoms with van der Waals surface area (Å²) in [4.78, 5) is 11.9. The summed E-state index contributed by atoms with van der Waals surface area (Å²) in [5.41, 5.74) is 2.44. The topological polar surface area (TPSA) is 47.6 Å². The smallest absolute Gasteiger partial charge is 0.220 e. The number of rotatable bonds is 7. The van der Waals surface area contributed by atoms with Gasteiger partial charge in [0.25, 0.3) is 0 Å². The van der Waals surface area contributed by atoms with Crippen molar-refractivity contribution in [3.8, 4) is 11.5 Å². The summed E-state index contributed by atoms with van der Waals surface area (Å²) in [7, 11) is 3.23. The second kappa shape index (κ2) is 8.47. The molecule has 120 valence electrons. The van der Waals surface area contributed by atoms with Gasteiger partial charge >= 0.3 is 0 Å². The largest absolute Gasteiger partial charge is 0.493 e. The number of allylic oxidation sites excluding steroid dienone is 1. The molecule has 0 spiro atoms. The maximum absolute atomic E-state index is 11.9. The molecule has 0 fully saturated rings.